The van der Waals surface area contributed by atoms with E-state index in [2.05, 4.69) is 4.98 Å². The number of hydrogen-bond acceptors (Lipinski definition) is 6. The third kappa shape index (κ3) is 1.47. The number of thiocyanates is 1. The zero-order valence-electron chi connectivity index (χ0n) is 6.89. The number of anilines is 1. The van der Waals surface area contributed by atoms with E-state index in [0.29, 0.717) is 15.5 Å². The van der Waals surface area contributed by atoms with Crippen molar-refractivity contribution in [1.29, 1.82) is 5.26 Å². The highest BCUT2D eigenvalue weighted by atomic mass is 32.2. The SMILES string of the molecule is N#CSc1cc(O)c2nc(N)sc2c1. The van der Waals surface area contributed by atoms with Crippen LogP contribution in [0.4, 0.5) is 5.13 Å². The van der Waals surface area contributed by atoms with E-state index in [-0.39, 0.29) is 5.75 Å². The monoisotopic (exact) mass is 223 g/mol. The quantitative estimate of drug-likeness (QED) is 0.571. The van der Waals surface area contributed by atoms with Gasteiger partial charge in [0.05, 0.1) is 4.70 Å². The Kier molecular flexibility index (Phi) is 2.19. The summed E-state index contributed by atoms with van der Waals surface area (Å²) in [6.45, 7) is 0. The Morgan fingerprint density at radius 2 is 2.36 bits per heavy atom. The van der Waals surface area contributed by atoms with E-state index < -0.39 is 0 Å². The van der Waals surface area contributed by atoms with Gasteiger partial charge in [0.2, 0.25) is 0 Å². The van der Waals surface area contributed by atoms with Gasteiger partial charge in [0.1, 0.15) is 16.7 Å². The molecular weight excluding hydrogens is 218 g/mol. The molecule has 0 amide bonds. The van der Waals surface area contributed by atoms with Crippen molar-refractivity contribution in [3.8, 4) is 11.2 Å². The van der Waals surface area contributed by atoms with Crippen molar-refractivity contribution in [3.63, 3.8) is 0 Å². The first-order chi connectivity index (χ1) is 6.70. The Morgan fingerprint density at radius 3 is 3.07 bits per heavy atom. The van der Waals surface area contributed by atoms with Gasteiger partial charge in [0.15, 0.2) is 5.13 Å². The number of thiazole rings is 1. The Labute approximate surface area is 88.0 Å². The largest absolute Gasteiger partial charge is 0.506 e. The molecule has 1 aromatic heterocycles. The fraction of sp³-hybridized carbons (Fsp3) is 0. The van der Waals surface area contributed by atoms with Crippen LogP contribution in [0.1, 0.15) is 0 Å². The summed E-state index contributed by atoms with van der Waals surface area (Å²) in [6, 6.07) is 3.30. The maximum Gasteiger partial charge on any atom is 0.181 e. The van der Waals surface area contributed by atoms with Gasteiger partial charge in [-0.15, -0.1) is 0 Å². The molecule has 0 aliphatic heterocycles. The first-order valence-electron chi connectivity index (χ1n) is 3.65. The Bertz CT molecular complexity index is 529. The van der Waals surface area contributed by atoms with Crippen molar-refractivity contribution in [1.82, 2.24) is 4.98 Å². The smallest absolute Gasteiger partial charge is 0.181 e. The molecule has 0 atom stereocenters. The number of aromatic nitrogens is 1. The van der Waals surface area contributed by atoms with Crippen LogP contribution in [0.5, 0.6) is 5.75 Å². The van der Waals surface area contributed by atoms with Gasteiger partial charge in [-0.3, -0.25) is 0 Å². The summed E-state index contributed by atoms with van der Waals surface area (Å²) in [5, 5.41) is 20.4. The van der Waals surface area contributed by atoms with Crippen LogP contribution >= 0.6 is 23.1 Å². The van der Waals surface area contributed by atoms with Crippen molar-refractivity contribution in [2.24, 2.45) is 0 Å². The van der Waals surface area contributed by atoms with Gasteiger partial charge in [0, 0.05) is 4.90 Å². The number of nitrogens with zero attached hydrogens (tertiary/aromatic N) is 2. The number of aromatic hydroxyl groups is 1. The molecular formula is C8H5N3OS2. The minimum atomic E-state index is 0.0631. The lowest BCUT2D eigenvalue weighted by atomic mass is 10.3. The zero-order chi connectivity index (χ0) is 10.1. The highest BCUT2D eigenvalue weighted by Crippen LogP contribution is 2.34. The second kappa shape index (κ2) is 3.36. The molecule has 1 heterocycles. The van der Waals surface area contributed by atoms with Gasteiger partial charge in [-0.2, -0.15) is 5.26 Å². The first kappa shape index (κ1) is 9.12. The number of phenols is 1. The molecule has 6 heteroatoms. The Hall–Kier alpha value is -1.45. The predicted molar refractivity (Wildman–Crippen MR) is 57.2 cm³/mol. The maximum atomic E-state index is 9.56. The first-order valence-corrected chi connectivity index (χ1v) is 5.29. The fourth-order valence-electron chi connectivity index (χ4n) is 1.12. The van der Waals surface area contributed by atoms with Gasteiger partial charge in [-0.1, -0.05) is 11.3 Å². The van der Waals surface area contributed by atoms with Crippen LogP contribution < -0.4 is 5.73 Å². The number of nitriles is 1. The topological polar surface area (TPSA) is 82.9 Å². The Balaban J connectivity index is 2.66. The van der Waals surface area contributed by atoms with Gasteiger partial charge in [0.25, 0.3) is 0 Å². The number of fused-ring (bicyclic) bond motifs is 1. The molecule has 0 spiro atoms. The highest BCUT2D eigenvalue weighted by Gasteiger charge is 2.08. The van der Waals surface area contributed by atoms with Crippen LogP contribution in [0.25, 0.3) is 10.2 Å². The molecule has 0 fully saturated rings. The van der Waals surface area contributed by atoms with Crippen LogP contribution in [0, 0.1) is 10.7 Å². The molecule has 0 bridgehead atoms. The number of rotatable bonds is 1. The summed E-state index contributed by atoms with van der Waals surface area (Å²) in [5.41, 5.74) is 6.00. The van der Waals surface area contributed by atoms with E-state index in [1.54, 1.807) is 6.07 Å². The minimum absolute atomic E-state index is 0.0631. The molecule has 0 aliphatic carbocycles. The summed E-state index contributed by atoms with van der Waals surface area (Å²) < 4.78 is 0.792. The summed E-state index contributed by atoms with van der Waals surface area (Å²) in [7, 11) is 0. The zero-order valence-corrected chi connectivity index (χ0v) is 8.52. The minimum Gasteiger partial charge on any atom is -0.506 e. The number of benzene rings is 1. The summed E-state index contributed by atoms with van der Waals surface area (Å²) in [5.74, 6) is 0.0631. The van der Waals surface area contributed by atoms with Gasteiger partial charge >= 0.3 is 0 Å². The number of phenolic OH excluding ortho intramolecular Hbond substituents is 1. The van der Waals surface area contributed by atoms with Gasteiger partial charge in [-0.25, -0.2) is 4.98 Å². The molecule has 2 rings (SSSR count). The van der Waals surface area contributed by atoms with Crippen LogP contribution in [-0.2, 0) is 0 Å². The molecule has 3 N–H and O–H groups in total. The van der Waals surface area contributed by atoms with Crippen molar-refractivity contribution >= 4 is 38.4 Å². The van der Waals surface area contributed by atoms with Crippen molar-refractivity contribution < 1.29 is 5.11 Å². The lowest BCUT2D eigenvalue weighted by Crippen LogP contribution is -1.79. The van der Waals surface area contributed by atoms with Crippen molar-refractivity contribution in [2.75, 3.05) is 5.73 Å². The lowest BCUT2D eigenvalue weighted by Gasteiger charge is -1.96. The number of nitrogen functional groups attached to an aromatic ring is 1. The Morgan fingerprint density at radius 1 is 1.57 bits per heavy atom. The summed E-state index contributed by atoms with van der Waals surface area (Å²) in [4.78, 5) is 4.66. The molecule has 4 nitrogen and oxygen atoms in total. The van der Waals surface area contributed by atoms with Crippen LogP contribution in [-0.4, -0.2) is 10.1 Å². The molecule has 1 aromatic carbocycles. The molecule has 0 aliphatic rings. The van der Waals surface area contributed by atoms with Crippen molar-refractivity contribution in [3.05, 3.63) is 12.1 Å². The molecule has 2 aromatic rings. The van der Waals surface area contributed by atoms with E-state index in [9.17, 15) is 5.11 Å². The third-order valence-corrected chi connectivity index (χ3v) is 3.02. The second-order valence-corrected chi connectivity index (χ2v) is 4.45. The molecule has 0 unspecified atom stereocenters. The standard InChI is InChI=1S/C8H5N3OS2/c9-3-13-4-1-5(12)7-6(2-4)14-8(10)11-7/h1-2,12H,(H2,10,11). The van der Waals surface area contributed by atoms with E-state index in [0.717, 1.165) is 16.5 Å². The highest BCUT2D eigenvalue weighted by molar-refractivity contribution is 8.03. The molecule has 0 radical (unpaired) electrons. The fourth-order valence-corrected chi connectivity index (χ4v) is 2.44. The average molecular weight is 223 g/mol. The number of thioether (sulfide) groups is 1. The number of nitrogens with two attached hydrogens (primary N) is 1. The maximum absolute atomic E-state index is 9.56. The van der Waals surface area contributed by atoms with E-state index in [1.807, 2.05) is 5.40 Å². The van der Waals surface area contributed by atoms with E-state index in [4.69, 9.17) is 11.0 Å². The third-order valence-electron chi connectivity index (χ3n) is 1.63. The molecule has 70 valence electrons. The summed E-state index contributed by atoms with van der Waals surface area (Å²) >= 11 is 2.29. The molecule has 0 saturated heterocycles. The number of hydrogen-bond donors (Lipinski definition) is 2. The van der Waals surface area contributed by atoms with E-state index >= 15 is 0 Å². The van der Waals surface area contributed by atoms with Crippen LogP contribution in [0.3, 0.4) is 0 Å². The van der Waals surface area contributed by atoms with Crippen molar-refractivity contribution in [2.45, 2.75) is 4.90 Å². The molecule has 14 heavy (non-hydrogen) atoms. The van der Waals surface area contributed by atoms with Gasteiger partial charge in [-0.05, 0) is 23.9 Å². The van der Waals surface area contributed by atoms with E-state index in [1.165, 1.54) is 17.4 Å². The second-order valence-electron chi connectivity index (χ2n) is 2.53. The average Bonchev–Trinajstić information content (AvgIpc) is 2.47. The van der Waals surface area contributed by atoms with Gasteiger partial charge < -0.3 is 10.8 Å². The molecule has 0 saturated carbocycles. The van der Waals surface area contributed by atoms with Crippen LogP contribution in [0.15, 0.2) is 17.0 Å². The van der Waals surface area contributed by atoms with Crippen LogP contribution in [0.2, 0.25) is 0 Å². The predicted octanol–water partition coefficient (Wildman–Crippen LogP) is 2.16. The lowest BCUT2D eigenvalue weighted by molar-refractivity contribution is 0.479. The normalized spacial score (nSPS) is 10.2. The summed E-state index contributed by atoms with van der Waals surface area (Å²) in [6.07, 6.45) is 0.